The normalized spacial score (nSPS) is 15.8. The summed E-state index contributed by atoms with van der Waals surface area (Å²) in [6, 6.07) is 20.0. The number of rotatable bonds is 8. The Labute approximate surface area is 185 Å². The van der Waals surface area contributed by atoms with E-state index in [1.807, 2.05) is 71.6 Å². The number of nitrogens with zero attached hydrogens (tertiary/aromatic N) is 1. The molecule has 2 aromatic carbocycles. The van der Waals surface area contributed by atoms with Gasteiger partial charge in [0, 0.05) is 43.4 Å². The van der Waals surface area contributed by atoms with Gasteiger partial charge in [-0.1, -0.05) is 62.4 Å². The molecule has 1 fully saturated rings. The second kappa shape index (κ2) is 11.3. The highest BCUT2D eigenvalue weighted by Gasteiger charge is 2.27. The Hall–Kier alpha value is -3.08. The lowest BCUT2D eigenvalue weighted by Gasteiger charge is -2.31. The number of amides is 2. The highest BCUT2D eigenvalue weighted by Crippen LogP contribution is 2.18. The van der Waals surface area contributed by atoms with Crippen LogP contribution in [0, 0.1) is 11.8 Å². The first-order valence-electron chi connectivity index (χ1n) is 11.1. The Morgan fingerprint density at radius 2 is 1.61 bits per heavy atom. The fraction of sp³-hybridized carbons (Fsp3) is 0.385. The number of piperidine rings is 1. The van der Waals surface area contributed by atoms with Crippen LogP contribution in [0.25, 0.3) is 6.08 Å². The molecule has 1 aliphatic rings. The Balaban J connectivity index is 1.44. The van der Waals surface area contributed by atoms with Crippen LogP contribution in [0.3, 0.4) is 0 Å². The molecule has 164 valence electrons. The monoisotopic (exact) mass is 419 g/mol. The van der Waals surface area contributed by atoms with Gasteiger partial charge in [0.25, 0.3) is 0 Å². The van der Waals surface area contributed by atoms with Crippen molar-refractivity contribution >= 4 is 23.6 Å². The second-order valence-electron chi connectivity index (χ2n) is 8.45. The van der Waals surface area contributed by atoms with Crippen molar-refractivity contribution in [3.8, 4) is 0 Å². The quantitative estimate of drug-likeness (QED) is 0.631. The van der Waals surface area contributed by atoms with E-state index in [9.17, 15) is 9.59 Å². The minimum atomic E-state index is -0.0355. The van der Waals surface area contributed by atoms with Gasteiger partial charge in [-0.3, -0.25) is 9.59 Å². The molecule has 0 aliphatic carbocycles. The Morgan fingerprint density at radius 1 is 1.00 bits per heavy atom. The molecule has 0 bridgehead atoms. The van der Waals surface area contributed by atoms with E-state index in [1.165, 1.54) is 0 Å². The van der Waals surface area contributed by atoms with E-state index in [4.69, 9.17) is 0 Å². The molecule has 1 saturated heterocycles. The summed E-state index contributed by atoms with van der Waals surface area (Å²) in [7, 11) is 0. The molecule has 2 N–H and O–H groups in total. The van der Waals surface area contributed by atoms with Crippen molar-refractivity contribution in [1.82, 2.24) is 10.2 Å². The third-order valence-corrected chi connectivity index (χ3v) is 5.82. The molecule has 5 nitrogen and oxygen atoms in total. The summed E-state index contributed by atoms with van der Waals surface area (Å²) in [4.78, 5) is 27.0. The minimum Gasteiger partial charge on any atom is -0.380 e. The van der Waals surface area contributed by atoms with E-state index in [0.29, 0.717) is 38.4 Å². The molecular weight excluding hydrogens is 386 g/mol. The largest absolute Gasteiger partial charge is 0.380 e. The molecule has 0 radical (unpaired) electrons. The van der Waals surface area contributed by atoms with E-state index in [2.05, 4.69) is 24.5 Å². The third-order valence-electron chi connectivity index (χ3n) is 5.82. The third kappa shape index (κ3) is 6.99. The van der Waals surface area contributed by atoms with Crippen LogP contribution in [-0.2, 0) is 9.59 Å². The summed E-state index contributed by atoms with van der Waals surface area (Å²) in [6.45, 7) is 6.13. The van der Waals surface area contributed by atoms with Gasteiger partial charge >= 0.3 is 0 Å². The molecular formula is C26H33N3O2. The first-order valence-corrected chi connectivity index (χ1v) is 11.1. The smallest absolute Gasteiger partial charge is 0.246 e. The number of anilines is 1. The SMILES string of the molecule is CC(C)C(CNC(=O)C1CCN(C(=O)/C=C/c2ccccc2)CC1)Nc1ccccc1. The van der Waals surface area contributed by atoms with E-state index in [-0.39, 0.29) is 23.8 Å². The van der Waals surface area contributed by atoms with Gasteiger partial charge in [-0.2, -0.15) is 0 Å². The van der Waals surface area contributed by atoms with Gasteiger partial charge in [0.1, 0.15) is 0 Å². The summed E-state index contributed by atoms with van der Waals surface area (Å²) in [6.07, 6.45) is 4.87. The summed E-state index contributed by atoms with van der Waals surface area (Å²) < 4.78 is 0. The second-order valence-corrected chi connectivity index (χ2v) is 8.45. The molecule has 3 rings (SSSR count). The van der Waals surface area contributed by atoms with Crippen LogP contribution in [0.1, 0.15) is 32.3 Å². The molecule has 5 heteroatoms. The predicted molar refractivity (Wildman–Crippen MR) is 126 cm³/mol. The van der Waals surface area contributed by atoms with Gasteiger partial charge in [-0.15, -0.1) is 0 Å². The number of hydrogen-bond acceptors (Lipinski definition) is 3. The fourth-order valence-corrected chi connectivity index (χ4v) is 3.76. The van der Waals surface area contributed by atoms with Crippen molar-refractivity contribution in [2.24, 2.45) is 11.8 Å². The number of hydrogen-bond donors (Lipinski definition) is 2. The van der Waals surface area contributed by atoms with Gasteiger partial charge in [-0.25, -0.2) is 0 Å². The number of benzene rings is 2. The predicted octanol–water partition coefficient (Wildman–Crippen LogP) is 4.19. The van der Waals surface area contributed by atoms with Gasteiger partial charge < -0.3 is 15.5 Å². The highest BCUT2D eigenvalue weighted by atomic mass is 16.2. The summed E-state index contributed by atoms with van der Waals surface area (Å²) >= 11 is 0. The lowest BCUT2D eigenvalue weighted by atomic mass is 9.95. The maximum absolute atomic E-state index is 12.7. The molecule has 0 saturated carbocycles. The van der Waals surface area contributed by atoms with Crippen LogP contribution in [0.15, 0.2) is 66.7 Å². The van der Waals surface area contributed by atoms with Crippen molar-refractivity contribution in [3.63, 3.8) is 0 Å². The maximum Gasteiger partial charge on any atom is 0.246 e. The van der Waals surface area contributed by atoms with Crippen molar-refractivity contribution in [1.29, 1.82) is 0 Å². The topological polar surface area (TPSA) is 61.4 Å². The number of carbonyl (C=O) groups is 2. The molecule has 31 heavy (non-hydrogen) atoms. The molecule has 2 aromatic rings. The number of likely N-dealkylation sites (tertiary alicyclic amines) is 1. The Kier molecular flexibility index (Phi) is 8.27. The molecule has 1 aliphatic heterocycles. The van der Waals surface area contributed by atoms with Crippen molar-refractivity contribution in [3.05, 3.63) is 72.3 Å². The lowest BCUT2D eigenvalue weighted by molar-refractivity contribution is -0.132. The molecule has 1 unspecified atom stereocenters. The maximum atomic E-state index is 12.7. The summed E-state index contributed by atoms with van der Waals surface area (Å²) in [5.41, 5.74) is 2.07. The van der Waals surface area contributed by atoms with Crippen LogP contribution >= 0.6 is 0 Å². The summed E-state index contributed by atoms with van der Waals surface area (Å²) in [5.74, 6) is 0.449. The van der Waals surface area contributed by atoms with Gasteiger partial charge in [-0.05, 0) is 42.5 Å². The van der Waals surface area contributed by atoms with Gasteiger partial charge in [0.2, 0.25) is 11.8 Å². The van der Waals surface area contributed by atoms with Gasteiger partial charge in [0.05, 0.1) is 0 Å². The first-order chi connectivity index (χ1) is 15.0. The first kappa shape index (κ1) is 22.6. The zero-order valence-electron chi connectivity index (χ0n) is 18.5. The fourth-order valence-electron chi connectivity index (χ4n) is 3.76. The van der Waals surface area contributed by atoms with Crippen molar-refractivity contribution in [2.75, 3.05) is 25.0 Å². The number of carbonyl (C=O) groups excluding carboxylic acids is 2. The molecule has 1 heterocycles. The average Bonchev–Trinajstić information content (AvgIpc) is 2.81. The summed E-state index contributed by atoms with van der Waals surface area (Å²) in [5, 5.41) is 6.64. The van der Waals surface area contributed by atoms with Crippen molar-refractivity contribution in [2.45, 2.75) is 32.7 Å². The van der Waals surface area contributed by atoms with E-state index >= 15 is 0 Å². The van der Waals surface area contributed by atoms with Crippen LogP contribution in [0.4, 0.5) is 5.69 Å². The average molecular weight is 420 g/mol. The van der Waals surface area contributed by atoms with E-state index in [0.717, 1.165) is 11.3 Å². The molecule has 1 atom stereocenters. The Bertz CT molecular complexity index is 857. The lowest BCUT2D eigenvalue weighted by Crippen LogP contribution is -2.45. The molecule has 0 spiro atoms. The Morgan fingerprint density at radius 3 is 2.23 bits per heavy atom. The van der Waals surface area contributed by atoms with Gasteiger partial charge in [0.15, 0.2) is 0 Å². The van der Waals surface area contributed by atoms with E-state index in [1.54, 1.807) is 6.08 Å². The van der Waals surface area contributed by atoms with Crippen molar-refractivity contribution < 1.29 is 9.59 Å². The van der Waals surface area contributed by atoms with Crippen LogP contribution in [-0.4, -0.2) is 42.4 Å². The zero-order chi connectivity index (χ0) is 22.1. The number of nitrogens with one attached hydrogen (secondary N) is 2. The van der Waals surface area contributed by atoms with E-state index < -0.39 is 0 Å². The van der Waals surface area contributed by atoms with Crippen LogP contribution < -0.4 is 10.6 Å². The highest BCUT2D eigenvalue weighted by molar-refractivity contribution is 5.92. The van der Waals surface area contributed by atoms with Crippen LogP contribution in [0.5, 0.6) is 0 Å². The van der Waals surface area contributed by atoms with Crippen LogP contribution in [0.2, 0.25) is 0 Å². The minimum absolute atomic E-state index is 0.00893. The molecule has 0 aromatic heterocycles. The number of para-hydroxylation sites is 1. The molecule has 2 amide bonds. The zero-order valence-corrected chi connectivity index (χ0v) is 18.5. The standard InChI is InChI=1S/C26H33N3O2/c1-20(2)24(28-23-11-7-4-8-12-23)19-27-26(31)22-15-17-29(18-16-22)25(30)14-13-21-9-5-3-6-10-21/h3-14,20,22,24,28H,15-19H2,1-2H3,(H,27,31)/b14-13+.